The van der Waals surface area contributed by atoms with Crippen molar-refractivity contribution in [3.05, 3.63) is 33.4 Å². The molecule has 0 saturated carbocycles. The van der Waals surface area contributed by atoms with Crippen LogP contribution in [0.15, 0.2) is 23.3 Å². The fraction of sp³-hybridized carbons (Fsp3) is 0.429. The van der Waals surface area contributed by atoms with E-state index in [1.165, 1.54) is 39.1 Å². The van der Waals surface area contributed by atoms with Gasteiger partial charge in [-0.3, -0.25) is 10.1 Å². The van der Waals surface area contributed by atoms with Crippen molar-refractivity contribution in [1.82, 2.24) is 0 Å². The van der Waals surface area contributed by atoms with E-state index in [0.29, 0.717) is 5.75 Å². The number of nitrogens with two attached hydrogens (primary N) is 1. The fourth-order valence-corrected chi connectivity index (χ4v) is 2.01. The van der Waals surface area contributed by atoms with E-state index in [2.05, 4.69) is 0 Å². The van der Waals surface area contributed by atoms with Crippen LogP contribution in [0, 0.1) is 10.1 Å². The largest absolute Gasteiger partial charge is 0.395 e. The van der Waals surface area contributed by atoms with Crippen LogP contribution in [0.25, 0.3) is 0 Å². The summed E-state index contributed by atoms with van der Waals surface area (Å²) in [6, 6.07) is 0. The molecule has 0 aromatic rings. The van der Waals surface area contributed by atoms with Gasteiger partial charge in [-0.1, -0.05) is 27.7 Å². The monoisotopic (exact) mass is 236 g/mol. The van der Waals surface area contributed by atoms with Gasteiger partial charge < -0.3 is 10.8 Å². The number of nitrogens with zero attached hydrogens (tertiary/aromatic N) is 1. The Bertz CT molecular complexity index is 231. The van der Waals surface area contributed by atoms with E-state index in [0.717, 1.165) is 0 Å². The van der Waals surface area contributed by atoms with Crippen molar-refractivity contribution in [1.29, 1.82) is 0 Å². The van der Waals surface area contributed by atoms with Gasteiger partial charge in [-0.25, -0.2) is 0 Å². The highest BCUT2D eigenvalue weighted by atomic mass is 33.1. The summed E-state index contributed by atoms with van der Waals surface area (Å²) in [5, 5.41) is 20.3. The minimum atomic E-state index is -0.474. The van der Waals surface area contributed by atoms with Crippen molar-refractivity contribution in [2.24, 2.45) is 5.73 Å². The van der Waals surface area contributed by atoms with E-state index in [-0.39, 0.29) is 18.8 Å². The van der Waals surface area contributed by atoms with Crippen LogP contribution in [-0.2, 0) is 0 Å². The van der Waals surface area contributed by atoms with E-state index >= 15 is 0 Å². The highest BCUT2D eigenvalue weighted by Gasteiger charge is 2.04. The van der Waals surface area contributed by atoms with E-state index in [1.54, 1.807) is 0 Å². The predicted molar refractivity (Wildman–Crippen MR) is 60.4 cm³/mol. The first kappa shape index (κ1) is 13.5. The normalized spacial score (nSPS) is 12.3. The van der Waals surface area contributed by atoms with E-state index in [4.69, 9.17) is 10.8 Å². The molecule has 0 aromatic carbocycles. The summed E-state index contributed by atoms with van der Waals surface area (Å²) < 4.78 is 0. The van der Waals surface area contributed by atoms with Crippen molar-refractivity contribution in [2.75, 3.05) is 18.9 Å². The smallest absolute Gasteiger partial charge is 0.276 e. The number of rotatable bonds is 7. The molecule has 0 saturated heterocycles. The third-order valence-electron chi connectivity index (χ3n) is 1.05. The maximum Gasteiger partial charge on any atom is 0.276 e. The molecule has 0 unspecified atom stereocenters. The van der Waals surface area contributed by atoms with Crippen LogP contribution in [-0.4, -0.2) is 28.9 Å². The first-order chi connectivity index (χ1) is 6.72. The maximum absolute atomic E-state index is 10.4. The fourth-order valence-electron chi connectivity index (χ4n) is 0.501. The van der Waals surface area contributed by atoms with Gasteiger partial charge in [0.15, 0.2) is 0 Å². The number of hydrogen-bond acceptors (Lipinski definition) is 6. The van der Waals surface area contributed by atoms with Gasteiger partial charge in [0.25, 0.3) is 5.70 Å². The lowest BCUT2D eigenvalue weighted by molar-refractivity contribution is -0.418. The molecule has 0 bridgehead atoms. The number of aliphatic hydroxyl groups excluding tert-OH is 1. The molecule has 0 heterocycles. The molecule has 80 valence electrons. The molecule has 14 heavy (non-hydrogen) atoms. The minimum absolute atomic E-state index is 0.00545. The highest BCUT2D eigenvalue weighted by Crippen LogP contribution is 2.23. The summed E-state index contributed by atoms with van der Waals surface area (Å²) in [6.07, 6.45) is 2.89. The summed E-state index contributed by atoms with van der Waals surface area (Å²) >= 11 is 0. The van der Waals surface area contributed by atoms with Gasteiger partial charge in [0.1, 0.15) is 0 Å². The van der Waals surface area contributed by atoms with Crippen LogP contribution in [0.2, 0.25) is 0 Å². The summed E-state index contributed by atoms with van der Waals surface area (Å²) in [5.74, 6) is 0.548. The lowest BCUT2D eigenvalue weighted by Crippen LogP contribution is -1.97. The first-order valence-corrected chi connectivity index (χ1v) is 6.21. The molecule has 3 N–H and O–H groups in total. The number of hydrogen-bond donors (Lipinski definition) is 2. The zero-order chi connectivity index (χ0) is 10.8. The average Bonchev–Trinajstić information content (AvgIpc) is 2.16. The number of nitro groups is 1. The summed E-state index contributed by atoms with van der Waals surface area (Å²) in [5.41, 5.74) is 5.18. The Kier molecular flexibility index (Phi) is 8.75. The number of aliphatic hydroxyl groups is 1. The van der Waals surface area contributed by atoms with Crippen molar-refractivity contribution < 1.29 is 10.0 Å². The lowest BCUT2D eigenvalue weighted by Gasteiger charge is -1.92. The maximum atomic E-state index is 10.4. The van der Waals surface area contributed by atoms with Crippen molar-refractivity contribution in [2.45, 2.75) is 0 Å². The highest BCUT2D eigenvalue weighted by molar-refractivity contribution is 8.77. The third-order valence-corrected chi connectivity index (χ3v) is 3.07. The second-order valence-electron chi connectivity index (χ2n) is 2.08. The molecule has 0 rings (SSSR count). The predicted octanol–water partition coefficient (Wildman–Crippen LogP) is 0.993. The Balaban J connectivity index is 4.06. The Hall–Kier alpha value is -0.500. The van der Waals surface area contributed by atoms with Gasteiger partial charge in [0.2, 0.25) is 0 Å². The summed E-state index contributed by atoms with van der Waals surface area (Å²) in [7, 11) is 2.58. The molecule has 0 fully saturated rings. The van der Waals surface area contributed by atoms with Gasteiger partial charge in [-0.05, 0) is 0 Å². The molecule has 0 amide bonds. The Morgan fingerprint density at radius 3 is 2.86 bits per heavy atom. The molecule has 0 spiro atoms. The zero-order valence-electron chi connectivity index (χ0n) is 7.46. The number of allylic oxidation sites excluding steroid dienone is 1. The molecular formula is C7H12N2O3S2. The van der Waals surface area contributed by atoms with Crippen LogP contribution < -0.4 is 5.73 Å². The summed E-state index contributed by atoms with van der Waals surface area (Å²) in [4.78, 5) is 9.97. The Morgan fingerprint density at radius 1 is 1.64 bits per heavy atom. The SMILES string of the molecule is NC/C=C\C(=C\SSCCO)[N+](=O)[O-]. The second kappa shape index (κ2) is 9.07. The van der Waals surface area contributed by atoms with Gasteiger partial charge in [0, 0.05) is 18.4 Å². The molecule has 0 atom stereocenters. The molecule has 0 radical (unpaired) electrons. The first-order valence-electron chi connectivity index (χ1n) is 3.82. The average molecular weight is 236 g/mol. The Labute approximate surface area is 90.0 Å². The van der Waals surface area contributed by atoms with Crippen LogP contribution in [0.4, 0.5) is 0 Å². The van der Waals surface area contributed by atoms with Gasteiger partial charge >= 0.3 is 0 Å². The van der Waals surface area contributed by atoms with E-state index in [9.17, 15) is 10.1 Å². The van der Waals surface area contributed by atoms with E-state index in [1.807, 2.05) is 0 Å². The molecule has 0 aliphatic heterocycles. The van der Waals surface area contributed by atoms with Gasteiger partial charge in [0.05, 0.1) is 16.9 Å². The molecule has 5 nitrogen and oxygen atoms in total. The lowest BCUT2D eigenvalue weighted by atomic mass is 10.4. The third kappa shape index (κ3) is 6.96. The van der Waals surface area contributed by atoms with Crippen molar-refractivity contribution in [3.8, 4) is 0 Å². The zero-order valence-corrected chi connectivity index (χ0v) is 9.09. The molecule has 7 heteroatoms. The Morgan fingerprint density at radius 2 is 2.36 bits per heavy atom. The molecule has 0 aromatic heterocycles. The second-order valence-corrected chi connectivity index (χ2v) is 4.44. The molecular weight excluding hydrogens is 224 g/mol. The quantitative estimate of drug-likeness (QED) is 0.225. The van der Waals surface area contributed by atoms with Crippen LogP contribution >= 0.6 is 21.6 Å². The van der Waals surface area contributed by atoms with Crippen molar-refractivity contribution >= 4 is 21.6 Å². The van der Waals surface area contributed by atoms with Gasteiger partial charge in [-0.2, -0.15) is 0 Å². The van der Waals surface area contributed by atoms with Gasteiger partial charge in [-0.15, -0.1) is 0 Å². The van der Waals surface area contributed by atoms with E-state index < -0.39 is 4.92 Å². The van der Waals surface area contributed by atoms with Crippen molar-refractivity contribution in [3.63, 3.8) is 0 Å². The standard InChI is InChI=1S/C7H12N2O3S2/c8-3-1-2-7(9(11)12)6-14-13-5-4-10/h1-2,6,10H,3-5,8H2/b2-1-,7-6-. The summed E-state index contributed by atoms with van der Waals surface area (Å²) in [6.45, 7) is 0.345. The molecule has 0 aliphatic rings. The van der Waals surface area contributed by atoms with Crippen LogP contribution in [0.5, 0.6) is 0 Å². The van der Waals surface area contributed by atoms with Crippen LogP contribution in [0.3, 0.4) is 0 Å². The minimum Gasteiger partial charge on any atom is -0.395 e. The van der Waals surface area contributed by atoms with Crippen LogP contribution in [0.1, 0.15) is 0 Å². The molecule has 0 aliphatic carbocycles. The topological polar surface area (TPSA) is 89.4 Å².